The molecule has 2 aromatic rings. The summed E-state index contributed by atoms with van der Waals surface area (Å²) in [6.45, 7) is 0.986. The minimum Gasteiger partial charge on any atom is -0.368 e. The molecule has 4 N–H and O–H groups in total. The zero-order valence-electron chi connectivity index (χ0n) is 16.6. The molecule has 1 spiro atoms. The number of carbonyl (C=O) groups excluding carboxylic acids is 2. The maximum absolute atomic E-state index is 12.6. The van der Waals surface area contributed by atoms with E-state index in [1.807, 2.05) is 13.1 Å². The predicted octanol–water partition coefficient (Wildman–Crippen LogP) is 0.716. The van der Waals surface area contributed by atoms with Gasteiger partial charge in [-0.2, -0.15) is 0 Å². The molecule has 1 saturated heterocycles. The first-order valence-corrected chi connectivity index (χ1v) is 9.93. The molecule has 1 aromatic heterocycles. The molecule has 9 nitrogen and oxygen atoms in total. The molecule has 0 unspecified atom stereocenters. The molecular weight excluding hydrogens is 370 g/mol. The lowest BCUT2D eigenvalue weighted by atomic mass is 9.69. The summed E-state index contributed by atoms with van der Waals surface area (Å²) < 4.78 is 1.39. The van der Waals surface area contributed by atoms with Crippen molar-refractivity contribution < 1.29 is 9.59 Å². The number of primary amides is 1. The monoisotopic (exact) mass is 397 g/mol. The van der Waals surface area contributed by atoms with Crippen LogP contribution < -0.4 is 16.4 Å². The van der Waals surface area contributed by atoms with Crippen molar-refractivity contribution in [1.29, 1.82) is 0 Å². The van der Waals surface area contributed by atoms with Gasteiger partial charge in [0.1, 0.15) is 12.2 Å². The summed E-state index contributed by atoms with van der Waals surface area (Å²) in [7, 11) is 2.01. The van der Waals surface area contributed by atoms with Gasteiger partial charge in [-0.1, -0.05) is 35.5 Å². The molecule has 2 heterocycles. The van der Waals surface area contributed by atoms with Crippen LogP contribution in [0.2, 0.25) is 0 Å². The van der Waals surface area contributed by atoms with Gasteiger partial charge in [-0.25, -0.2) is 9.48 Å². The van der Waals surface area contributed by atoms with Crippen molar-refractivity contribution in [2.45, 2.75) is 49.9 Å². The molecule has 1 saturated carbocycles. The van der Waals surface area contributed by atoms with Gasteiger partial charge in [0, 0.05) is 12.1 Å². The number of hydrogen-bond acceptors (Lipinski definition) is 5. The van der Waals surface area contributed by atoms with E-state index < -0.39 is 5.91 Å². The van der Waals surface area contributed by atoms with Crippen molar-refractivity contribution in [3.8, 4) is 0 Å². The van der Waals surface area contributed by atoms with Crippen molar-refractivity contribution in [3.05, 3.63) is 47.8 Å². The first-order valence-electron chi connectivity index (χ1n) is 9.93. The minimum absolute atomic E-state index is 0.0191. The van der Waals surface area contributed by atoms with Crippen LogP contribution in [-0.2, 0) is 23.4 Å². The van der Waals surface area contributed by atoms with Gasteiger partial charge < -0.3 is 21.3 Å². The van der Waals surface area contributed by atoms with Crippen molar-refractivity contribution in [2.75, 3.05) is 13.6 Å². The van der Waals surface area contributed by atoms with E-state index in [-0.39, 0.29) is 23.7 Å². The summed E-state index contributed by atoms with van der Waals surface area (Å²) in [6, 6.07) is 10.4. The van der Waals surface area contributed by atoms with Crippen LogP contribution in [0.3, 0.4) is 0 Å². The highest BCUT2D eigenvalue weighted by atomic mass is 16.2. The molecular formula is C20H27N7O2. The Morgan fingerprint density at radius 2 is 1.97 bits per heavy atom. The van der Waals surface area contributed by atoms with Gasteiger partial charge in [0.15, 0.2) is 0 Å². The number of nitrogens with two attached hydrogens (primary N) is 1. The third-order valence-corrected chi connectivity index (χ3v) is 6.28. The van der Waals surface area contributed by atoms with Crippen LogP contribution in [0.15, 0.2) is 36.5 Å². The Labute approximate surface area is 169 Å². The van der Waals surface area contributed by atoms with Gasteiger partial charge in [-0.05, 0) is 38.3 Å². The molecule has 154 valence electrons. The highest BCUT2D eigenvalue weighted by molar-refractivity contribution is 5.78. The predicted molar refractivity (Wildman–Crippen MR) is 107 cm³/mol. The minimum atomic E-state index is -0.479. The number of benzene rings is 1. The number of aromatic nitrogens is 3. The Balaban J connectivity index is 1.42. The number of hydrogen-bond donors (Lipinski definition) is 3. The van der Waals surface area contributed by atoms with Crippen molar-refractivity contribution in [3.63, 3.8) is 0 Å². The highest BCUT2D eigenvalue weighted by Crippen LogP contribution is 2.43. The molecule has 3 amide bonds. The standard InChI is InChI=1S/C20H27N7O2/c1-22-20(15-5-3-2-4-6-15)9-7-19(8-10-20)14-26(18(29)23-19)11-16-12-27(25-24-16)13-17(21)28/h2-6,12,22H,7-11,13-14H2,1H3,(H2,21,28)(H,23,29)/t19-,20+. The summed E-state index contributed by atoms with van der Waals surface area (Å²) in [4.78, 5) is 25.4. The zero-order chi connectivity index (χ0) is 20.5. The fourth-order valence-corrected chi connectivity index (χ4v) is 4.63. The van der Waals surface area contributed by atoms with Gasteiger partial charge in [0.25, 0.3) is 0 Å². The van der Waals surface area contributed by atoms with Crippen LogP contribution in [-0.4, -0.2) is 51.0 Å². The largest absolute Gasteiger partial charge is 0.368 e. The van der Waals surface area contributed by atoms with E-state index in [1.54, 1.807) is 11.1 Å². The first-order chi connectivity index (χ1) is 13.9. The third-order valence-electron chi connectivity index (χ3n) is 6.28. The normalized spacial score (nSPS) is 26.7. The molecule has 29 heavy (non-hydrogen) atoms. The molecule has 0 atom stereocenters. The number of amides is 3. The molecule has 0 radical (unpaired) electrons. The quantitative estimate of drug-likeness (QED) is 0.664. The Bertz CT molecular complexity index is 887. The molecule has 0 bridgehead atoms. The number of nitrogens with zero attached hydrogens (tertiary/aromatic N) is 4. The van der Waals surface area contributed by atoms with Gasteiger partial charge in [0.05, 0.1) is 18.3 Å². The molecule has 1 aliphatic carbocycles. The van der Waals surface area contributed by atoms with Crippen molar-refractivity contribution in [1.82, 2.24) is 30.5 Å². The lowest BCUT2D eigenvalue weighted by molar-refractivity contribution is -0.118. The molecule has 1 aromatic carbocycles. The summed E-state index contributed by atoms with van der Waals surface area (Å²) >= 11 is 0. The van der Waals surface area contributed by atoms with Crippen LogP contribution in [0.5, 0.6) is 0 Å². The fourth-order valence-electron chi connectivity index (χ4n) is 4.63. The van der Waals surface area contributed by atoms with E-state index in [0.717, 1.165) is 25.7 Å². The van der Waals surface area contributed by atoms with E-state index >= 15 is 0 Å². The Hall–Kier alpha value is -2.94. The smallest absolute Gasteiger partial charge is 0.318 e. The number of urea groups is 1. The summed E-state index contributed by atoms with van der Waals surface area (Å²) in [5.74, 6) is -0.479. The van der Waals surface area contributed by atoms with Gasteiger partial charge in [-0.15, -0.1) is 5.10 Å². The molecule has 4 rings (SSSR count). The van der Waals surface area contributed by atoms with Crippen LogP contribution in [0.25, 0.3) is 0 Å². The topological polar surface area (TPSA) is 118 Å². The highest BCUT2D eigenvalue weighted by Gasteiger charge is 2.48. The Morgan fingerprint density at radius 1 is 1.24 bits per heavy atom. The molecule has 9 heteroatoms. The Kier molecular flexibility index (Phi) is 4.99. The second-order valence-electron chi connectivity index (χ2n) is 8.14. The summed E-state index contributed by atoms with van der Waals surface area (Å²) in [5, 5.41) is 14.7. The van der Waals surface area contributed by atoms with Gasteiger partial charge >= 0.3 is 6.03 Å². The lowest BCUT2D eigenvalue weighted by Crippen LogP contribution is -2.53. The maximum Gasteiger partial charge on any atom is 0.318 e. The number of rotatable bonds is 6. The SMILES string of the molecule is CN[C@]1(c2ccccc2)CC[C@]2(CC1)CN(Cc1cn(CC(N)=O)nn1)C(=O)N2. The van der Waals surface area contributed by atoms with Crippen LogP contribution >= 0.6 is 0 Å². The second kappa shape index (κ2) is 7.47. The summed E-state index contributed by atoms with van der Waals surface area (Å²) in [5.41, 5.74) is 6.85. The van der Waals surface area contributed by atoms with E-state index in [4.69, 9.17) is 5.73 Å². The number of nitrogens with one attached hydrogen (secondary N) is 2. The Morgan fingerprint density at radius 3 is 2.62 bits per heavy atom. The van der Waals surface area contributed by atoms with E-state index in [0.29, 0.717) is 18.8 Å². The average Bonchev–Trinajstić information content (AvgIpc) is 3.27. The van der Waals surface area contributed by atoms with E-state index in [9.17, 15) is 9.59 Å². The van der Waals surface area contributed by atoms with Crippen LogP contribution in [0, 0.1) is 0 Å². The fraction of sp³-hybridized carbons (Fsp3) is 0.500. The van der Waals surface area contributed by atoms with E-state index in [2.05, 4.69) is 45.2 Å². The maximum atomic E-state index is 12.6. The van der Waals surface area contributed by atoms with Crippen LogP contribution in [0.4, 0.5) is 4.79 Å². The zero-order valence-corrected chi connectivity index (χ0v) is 16.6. The van der Waals surface area contributed by atoms with Gasteiger partial charge in [-0.3, -0.25) is 4.79 Å². The van der Waals surface area contributed by atoms with E-state index in [1.165, 1.54) is 10.2 Å². The lowest BCUT2D eigenvalue weighted by Gasteiger charge is -2.45. The van der Waals surface area contributed by atoms with Crippen molar-refractivity contribution >= 4 is 11.9 Å². The second-order valence-corrected chi connectivity index (χ2v) is 8.14. The summed E-state index contributed by atoms with van der Waals surface area (Å²) in [6.07, 6.45) is 5.37. The average molecular weight is 397 g/mol. The van der Waals surface area contributed by atoms with Crippen LogP contribution in [0.1, 0.15) is 36.9 Å². The third kappa shape index (κ3) is 3.82. The first kappa shape index (κ1) is 19.4. The molecule has 2 aliphatic rings. The molecule has 2 fully saturated rings. The number of carbonyl (C=O) groups is 2. The molecule has 1 aliphatic heterocycles. The van der Waals surface area contributed by atoms with Crippen molar-refractivity contribution in [2.24, 2.45) is 5.73 Å². The van der Waals surface area contributed by atoms with Gasteiger partial charge in [0.2, 0.25) is 5.91 Å².